The molecule has 2 heterocycles. The van der Waals surface area contributed by atoms with Crippen LogP contribution in [0.25, 0.3) is 33.6 Å². The summed E-state index contributed by atoms with van der Waals surface area (Å²) in [4.78, 5) is 12.3. The molecule has 0 aliphatic rings. The SMILES string of the molecule is CC(c1ccccc1)c1ccc(N(c2[c-]c(-c3cc(-c4ccccc4)cc(-c4ccccc4O)n3)cc(C(C)(C)c3ccccc3)c2)c2ccccn2)cc1.[Pt]. The molecule has 0 saturated heterocycles. The van der Waals surface area contributed by atoms with Crippen molar-refractivity contribution in [3.05, 3.63) is 217 Å². The number of hydrogen-bond acceptors (Lipinski definition) is 4. The second kappa shape index (κ2) is 16.7. The van der Waals surface area contributed by atoms with Crippen LogP contribution < -0.4 is 4.90 Å². The Balaban J connectivity index is 0.00000480. The Kier molecular flexibility index (Phi) is 11.4. The van der Waals surface area contributed by atoms with Crippen LogP contribution in [0.5, 0.6) is 5.75 Å². The Bertz CT molecular complexity index is 2520. The van der Waals surface area contributed by atoms with Crippen LogP contribution in [0.2, 0.25) is 0 Å². The van der Waals surface area contributed by atoms with Crippen molar-refractivity contribution >= 4 is 17.2 Å². The largest absolute Gasteiger partial charge is 0.507 e. The molecule has 0 fully saturated rings. The summed E-state index contributed by atoms with van der Waals surface area (Å²) in [5, 5.41) is 11.0. The molecule has 4 nitrogen and oxygen atoms in total. The van der Waals surface area contributed by atoms with Crippen molar-refractivity contribution in [2.24, 2.45) is 0 Å². The molecule has 2 aromatic heterocycles. The summed E-state index contributed by atoms with van der Waals surface area (Å²) in [6.07, 6.45) is 1.83. The summed E-state index contributed by atoms with van der Waals surface area (Å²) in [6.45, 7) is 6.77. The zero-order valence-electron chi connectivity index (χ0n) is 31.6. The summed E-state index contributed by atoms with van der Waals surface area (Å²) in [6, 6.07) is 66.1. The monoisotopic (exact) mass is 907 g/mol. The van der Waals surface area contributed by atoms with Gasteiger partial charge in [-0.15, -0.1) is 29.3 Å². The van der Waals surface area contributed by atoms with Gasteiger partial charge < -0.3 is 10.0 Å². The molecule has 1 atom stereocenters. The fraction of sp³-hybridized carbons (Fsp3) is 0.0980. The van der Waals surface area contributed by atoms with Crippen LogP contribution in [0.15, 0.2) is 188 Å². The quantitative estimate of drug-likeness (QED) is 0.139. The van der Waals surface area contributed by atoms with E-state index >= 15 is 0 Å². The van der Waals surface area contributed by atoms with E-state index in [-0.39, 0.29) is 38.1 Å². The Hall–Kier alpha value is -6.09. The number of anilines is 3. The average molecular weight is 908 g/mol. The topological polar surface area (TPSA) is 49.2 Å². The number of aromatic nitrogens is 2. The van der Waals surface area contributed by atoms with Crippen LogP contribution in [0.1, 0.15) is 48.9 Å². The van der Waals surface area contributed by atoms with Crippen molar-refractivity contribution in [3.8, 4) is 39.4 Å². The normalized spacial score (nSPS) is 11.7. The van der Waals surface area contributed by atoms with Crippen molar-refractivity contribution in [2.75, 3.05) is 4.90 Å². The van der Waals surface area contributed by atoms with Gasteiger partial charge in [-0.1, -0.05) is 148 Å². The maximum absolute atomic E-state index is 11.0. The minimum atomic E-state index is -0.373. The Morgan fingerprint density at radius 2 is 1.20 bits per heavy atom. The van der Waals surface area contributed by atoms with Gasteiger partial charge in [-0.2, -0.15) is 0 Å². The van der Waals surface area contributed by atoms with Gasteiger partial charge in [-0.05, 0) is 87.1 Å². The van der Waals surface area contributed by atoms with Gasteiger partial charge in [0.2, 0.25) is 0 Å². The summed E-state index contributed by atoms with van der Waals surface area (Å²) in [5.41, 5.74) is 11.2. The number of para-hydroxylation sites is 1. The molecule has 0 aliphatic heterocycles. The van der Waals surface area contributed by atoms with E-state index in [1.165, 1.54) is 16.7 Å². The van der Waals surface area contributed by atoms with Gasteiger partial charge in [-0.3, -0.25) is 4.98 Å². The minimum Gasteiger partial charge on any atom is -0.507 e. The second-order valence-corrected chi connectivity index (χ2v) is 14.4. The van der Waals surface area contributed by atoms with Crippen LogP contribution in [-0.4, -0.2) is 15.1 Å². The van der Waals surface area contributed by atoms with Crippen LogP contribution >= 0.6 is 0 Å². The zero-order valence-corrected chi connectivity index (χ0v) is 33.9. The van der Waals surface area contributed by atoms with E-state index in [9.17, 15) is 5.11 Å². The predicted octanol–water partition coefficient (Wildman–Crippen LogP) is 12.9. The van der Waals surface area contributed by atoms with Crippen LogP contribution in [0, 0.1) is 6.07 Å². The average Bonchev–Trinajstić information content (AvgIpc) is 3.25. The summed E-state index contributed by atoms with van der Waals surface area (Å²) < 4.78 is 0. The Morgan fingerprint density at radius 1 is 0.589 bits per heavy atom. The van der Waals surface area contributed by atoms with E-state index in [0.29, 0.717) is 11.3 Å². The molecule has 1 unspecified atom stereocenters. The van der Waals surface area contributed by atoms with Gasteiger partial charge in [0, 0.05) is 44.4 Å². The number of benzene rings is 6. The molecular weight excluding hydrogens is 866 g/mol. The van der Waals surface area contributed by atoms with Gasteiger partial charge in [-0.25, -0.2) is 4.98 Å². The van der Waals surface area contributed by atoms with Crippen molar-refractivity contribution in [1.29, 1.82) is 0 Å². The standard InChI is InChI=1S/C51H42N3O.Pt/c1-36(37-17-7-4-8-18-37)38-26-28-44(29-27-38)54(50-25-15-16-30-52-50)45-32-41(31-43(35-45)51(2,3)42-21-11-6-12-22-42)47-33-40(39-19-9-5-10-20-39)34-48(53-47)46-23-13-14-24-49(46)55;/h4-31,33-36,55H,1-3H3;/q-1;. The third-order valence-corrected chi connectivity index (χ3v) is 10.5. The van der Waals surface area contributed by atoms with E-state index < -0.39 is 0 Å². The van der Waals surface area contributed by atoms with Crippen LogP contribution in [0.3, 0.4) is 0 Å². The summed E-state index contributed by atoms with van der Waals surface area (Å²) >= 11 is 0. The number of phenols is 1. The molecule has 0 bridgehead atoms. The molecule has 0 spiro atoms. The third kappa shape index (κ3) is 7.98. The van der Waals surface area contributed by atoms with E-state index in [4.69, 9.17) is 9.97 Å². The molecule has 1 N–H and O–H groups in total. The van der Waals surface area contributed by atoms with Gasteiger partial charge in [0.25, 0.3) is 0 Å². The third-order valence-electron chi connectivity index (χ3n) is 10.5. The Labute approximate surface area is 344 Å². The van der Waals surface area contributed by atoms with Crippen molar-refractivity contribution in [3.63, 3.8) is 0 Å². The molecule has 0 aliphatic carbocycles. The van der Waals surface area contributed by atoms with Gasteiger partial charge in [0.15, 0.2) is 0 Å². The summed E-state index contributed by atoms with van der Waals surface area (Å²) in [5.74, 6) is 1.21. The summed E-state index contributed by atoms with van der Waals surface area (Å²) in [7, 11) is 0. The molecule has 278 valence electrons. The number of nitrogens with zero attached hydrogens (tertiary/aromatic N) is 3. The van der Waals surface area contributed by atoms with Crippen molar-refractivity contribution < 1.29 is 26.2 Å². The number of rotatable bonds is 10. The van der Waals surface area contributed by atoms with Gasteiger partial charge in [0.05, 0.1) is 5.69 Å². The van der Waals surface area contributed by atoms with Crippen LogP contribution in [0.4, 0.5) is 17.2 Å². The first-order chi connectivity index (χ1) is 26.8. The molecule has 8 aromatic rings. The van der Waals surface area contributed by atoms with E-state index in [1.54, 1.807) is 6.07 Å². The van der Waals surface area contributed by atoms with E-state index in [0.717, 1.165) is 45.1 Å². The molecule has 56 heavy (non-hydrogen) atoms. The molecular formula is C51H42N3OPt-. The predicted molar refractivity (Wildman–Crippen MR) is 226 cm³/mol. The first-order valence-corrected chi connectivity index (χ1v) is 18.7. The fourth-order valence-corrected chi connectivity index (χ4v) is 7.22. The maximum Gasteiger partial charge on any atom is 0.136 e. The van der Waals surface area contributed by atoms with Crippen molar-refractivity contribution in [1.82, 2.24) is 9.97 Å². The minimum absolute atomic E-state index is 0. The van der Waals surface area contributed by atoms with E-state index in [2.05, 4.69) is 147 Å². The second-order valence-electron chi connectivity index (χ2n) is 14.4. The first-order valence-electron chi connectivity index (χ1n) is 18.7. The number of hydrogen-bond donors (Lipinski definition) is 1. The van der Waals surface area contributed by atoms with Gasteiger partial charge in [0.1, 0.15) is 11.6 Å². The van der Waals surface area contributed by atoms with Crippen LogP contribution in [-0.2, 0) is 26.5 Å². The molecule has 0 amide bonds. The number of pyridine rings is 2. The molecule has 0 radical (unpaired) electrons. The first kappa shape index (κ1) is 38.2. The molecule has 8 rings (SSSR count). The van der Waals surface area contributed by atoms with Gasteiger partial charge >= 0.3 is 0 Å². The maximum atomic E-state index is 11.0. The molecule has 0 saturated carbocycles. The fourth-order valence-electron chi connectivity index (χ4n) is 7.22. The zero-order chi connectivity index (χ0) is 37.8. The number of phenolic OH excluding ortho intramolecular Hbond substituents is 1. The van der Waals surface area contributed by atoms with Crippen molar-refractivity contribution in [2.45, 2.75) is 32.1 Å². The molecule has 5 heteroatoms. The smallest absolute Gasteiger partial charge is 0.136 e. The van der Waals surface area contributed by atoms with E-state index in [1.807, 2.05) is 66.9 Å². The molecule has 6 aromatic carbocycles. The Morgan fingerprint density at radius 3 is 1.88 bits per heavy atom. The number of aromatic hydroxyl groups is 1.